The lowest BCUT2D eigenvalue weighted by atomic mass is 10.1. The molecule has 0 unspecified atom stereocenters. The number of aliphatic hydroxyl groups excluding tert-OH is 1. The molecule has 0 spiro atoms. The lowest BCUT2D eigenvalue weighted by Gasteiger charge is -2.18. The maximum absolute atomic E-state index is 8.89. The number of nitrogens with one attached hydrogen (secondary N) is 1. The van der Waals surface area contributed by atoms with Crippen molar-refractivity contribution in [2.75, 3.05) is 6.61 Å². The van der Waals surface area contributed by atoms with E-state index in [0.717, 1.165) is 5.02 Å². The highest BCUT2D eigenvalue weighted by atomic mass is 35.5. The molecule has 0 fully saturated rings. The zero-order valence-electron chi connectivity index (χ0n) is 8.50. The standard InChI is InChI=1S/C11H16ClNO/c1-8(7-14)13-9(2)10-3-5-11(12)6-4-10/h3-6,8-9,13-14H,7H2,1-2H3/t8-,9+/m1/s1. The van der Waals surface area contributed by atoms with Crippen molar-refractivity contribution in [3.63, 3.8) is 0 Å². The average Bonchev–Trinajstić information content (AvgIpc) is 2.18. The highest BCUT2D eigenvalue weighted by Gasteiger charge is 2.07. The van der Waals surface area contributed by atoms with Gasteiger partial charge in [-0.2, -0.15) is 0 Å². The molecule has 0 saturated carbocycles. The first-order valence-electron chi connectivity index (χ1n) is 4.76. The summed E-state index contributed by atoms with van der Waals surface area (Å²) in [7, 11) is 0. The third-order valence-corrected chi connectivity index (χ3v) is 2.43. The zero-order chi connectivity index (χ0) is 10.6. The lowest BCUT2D eigenvalue weighted by molar-refractivity contribution is 0.243. The summed E-state index contributed by atoms with van der Waals surface area (Å²) in [6, 6.07) is 8.07. The van der Waals surface area contributed by atoms with Gasteiger partial charge in [0.15, 0.2) is 0 Å². The monoisotopic (exact) mass is 213 g/mol. The summed E-state index contributed by atoms with van der Waals surface area (Å²) in [5.74, 6) is 0. The molecule has 78 valence electrons. The number of hydrogen-bond acceptors (Lipinski definition) is 2. The smallest absolute Gasteiger partial charge is 0.0582 e. The van der Waals surface area contributed by atoms with Crippen LogP contribution in [0, 0.1) is 0 Å². The molecule has 0 aliphatic rings. The van der Waals surface area contributed by atoms with Gasteiger partial charge in [0.2, 0.25) is 0 Å². The SMILES string of the molecule is C[C@H](CO)N[C@@H](C)c1ccc(Cl)cc1. The van der Waals surface area contributed by atoms with Crippen LogP contribution in [0.5, 0.6) is 0 Å². The molecule has 0 aliphatic carbocycles. The van der Waals surface area contributed by atoms with Gasteiger partial charge in [0.25, 0.3) is 0 Å². The Balaban J connectivity index is 2.60. The Hall–Kier alpha value is -0.570. The van der Waals surface area contributed by atoms with Crippen LogP contribution in [0.4, 0.5) is 0 Å². The number of aliphatic hydroxyl groups is 1. The maximum atomic E-state index is 8.89. The summed E-state index contributed by atoms with van der Waals surface area (Å²) < 4.78 is 0. The van der Waals surface area contributed by atoms with E-state index in [-0.39, 0.29) is 18.7 Å². The van der Waals surface area contributed by atoms with E-state index in [4.69, 9.17) is 16.7 Å². The molecule has 1 aromatic rings. The normalized spacial score (nSPS) is 15.1. The van der Waals surface area contributed by atoms with Crippen LogP contribution >= 0.6 is 11.6 Å². The predicted octanol–water partition coefficient (Wildman–Crippen LogP) is 2.37. The van der Waals surface area contributed by atoms with Crippen LogP contribution in [0.3, 0.4) is 0 Å². The van der Waals surface area contributed by atoms with Crippen molar-refractivity contribution < 1.29 is 5.11 Å². The van der Waals surface area contributed by atoms with Crippen molar-refractivity contribution in [3.05, 3.63) is 34.9 Å². The molecular formula is C11H16ClNO. The first kappa shape index (κ1) is 11.5. The van der Waals surface area contributed by atoms with Gasteiger partial charge in [0, 0.05) is 17.1 Å². The average molecular weight is 214 g/mol. The molecule has 0 aromatic heterocycles. The Morgan fingerprint density at radius 3 is 2.36 bits per heavy atom. The topological polar surface area (TPSA) is 32.3 Å². The van der Waals surface area contributed by atoms with Crippen molar-refractivity contribution in [2.45, 2.75) is 25.9 Å². The van der Waals surface area contributed by atoms with E-state index in [1.165, 1.54) is 5.56 Å². The molecule has 14 heavy (non-hydrogen) atoms. The van der Waals surface area contributed by atoms with E-state index in [1.807, 2.05) is 31.2 Å². The first-order chi connectivity index (χ1) is 6.63. The molecule has 2 atom stereocenters. The fourth-order valence-electron chi connectivity index (χ4n) is 1.33. The Labute approximate surface area is 89.9 Å². The lowest BCUT2D eigenvalue weighted by Crippen LogP contribution is -2.31. The summed E-state index contributed by atoms with van der Waals surface area (Å²) in [5, 5.41) is 12.9. The van der Waals surface area contributed by atoms with Gasteiger partial charge >= 0.3 is 0 Å². The summed E-state index contributed by atoms with van der Waals surface area (Å²) in [5.41, 5.74) is 1.18. The summed E-state index contributed by atoms with van der Waals surface area (Å²) in [6.07, 6.45) is 0. The highest BCUT2D eigenvalue weighted by molar-refractivity contribution is 6.30. The second-order valence-electron chi connectivity index (χ2n) is 3.52. The highest BCUT2D eigenvalue weighted by Crippen LogP contribution is 2.16. The van der Waals surface area contributed by atoms with E-state index in [9.17, 15) is 0 Å². The molecule has 0 radical (unpaired) electrons. The van der Waals surface area contributed by atoms with E-state index in [1.54, 1.807) is 0 Å². The number of hydrogen-bond donors (Lipinski definition) is 2. The maximum Gasteiger partial charge on any atom is 0.0582 e. The van der Waals surface area contributed by atoms with Crippen LogP contribution in [0.15, 0.2) is 24.3 Å². The van der Waals surface area contributed by atoms with E-state index >= 15 is 0 Å². The Bertz CT molecular complexity index is 273. The number of benzene rings is 1. The fraction of sp³-hybridized carbons (Fsp3) is 0.455. The van der Waals surface area contributed by atoms with Gasteiger partial charge in [-0.05, 0) is 31.5 Å². The van der Waals surface area contributed by atoms with Crippen LogP contribution in [0.2, 0.25) is 5.02 Å². The van der Waals surface area contributed by atoms with Gasteiger partial charge in [-0.3, -0.25) is 0 Å². The van der Waals surface area contributed by atoms with Gasteiger partial charge in [0.1, 0.15) is 0 Å². The number of halogens is 1. The molecule has 0 bridgehead atoms. The molecule has 0 amide bonds. The minimum atomic E-state index is 0.112. The van der Waals surface area contributed by atoms with Gasteiger partial charge in [-0.15, -0.1) is 0 Å². The quantitative estimate of drug-likeness (QED) is 0.805. The molecule has 1 aromatic carbocycles. The summed E-state index contributed by atoms with van der Waals surface area (Å²) in [4.78, 5) is 0. The molecule has 3 heteroatoms. The van der Waals surface area contributed by atoms with Crippen molar-refractivity contribution in [3.8, 4) is 0 Å². The third-order valence-electron chi connectivity index (χ3n) is 2.18. The third kappa shape index (κ3) is 3.29. The fourth-order valence-corrected chi connectivity index (χ4v) is 1.45. The molecule has 2 nitrogen and oxygen atoms in total. The Morgan fingerprint density at radius 2 is 1.86 bits per heavy atom. The van der Waals surface area contributed by atoms with Crippen molar-refractivity contribution in [1.82, 2.24) is 5.32 Å². The molecular weight excluding hydrogens is 198 g/mol. The Kier molecular flexibility index (Phi) is 4.39. The second kappa shape index (κ2) is 5.35. The van der Waals surface area contributed by atoms with Crippen LogP contribution in [-0.4, -0.2) is 17.8 Å². The van der Waals surface area contributed by atoms with Crippen molar-refractivity contribution in [1.29, 1.82) is 0 Å². The van der Waals surface area contributed by atoms with Crippen molar-refractivity contribution in [2.24, 2.45) is 0 Å². The molecule has 0 aliphatic heterocycles. The first-order valence-corrected chi connectivity index (χ1v) is 5.13. The van der Waals surface area contributed by atoms with Crippen LogP contribution < -0.4 is 5.32 Å². The largest absolute Gasteiger partial charge is 0.395 e. The van der Waals surface area contributed by atoms with Gasteiger partial charge < -0.3 is 10.4 Å². The zero-order valence-corrected chi connectivity index (χ0v) is 9.25. The molecule has 2 N–H and O–H groups in total. The Morgan fingerprint density at radius 1 is 1.29 bits per heavy atom. The van der Waals surface area contributed by atoms with Crippen LogP contribution in [0.25, 0.3) is 0 Å². The van der Waals surface area contributed by atoms with Gasteiger partial charge in [-0.1, -0.05) is 23.7 Å². The van der Waals surface area contributed by atoms with E-state index in [2.05, 4.69) is 12.2 Å². The summed E-state index contributed by atoms with van der Waals surface area (Å²) in [6.45, 7) is 4.17. The van der Waals surface area contributed by atoms with Crippen molar-refractivity contribution >= 4 is 11.6 Å². The van der Waals surface area contributed by atoms with Crippen LogP contribution in [0.1, 0.15) is 25.5 Å². The molecule has 1 rings (SSSR count). The molecule has 0 saturated heterocycles. The second-order valence-corrected chi connectivity index (χ2v) is 3.96. The molecule has 0 heterocycles. The minimum absolute atomic E-state index is 0.112. The van der Waals surface area contributed by atoms with E-state index in [0.29, 0.717) is 0 Å². The number of rotatable bonds is 4. The minimum Gasteiger partial charge on any atom is -0.395 e. The van der Waals surface area contributed by atoms with Crippen LogP contribution in [-0.2, 0) is 0 Å². The van der Waals surface area contributed by atoms with Gasteiger partial charge in [0.05, 0.1) is 6.61 Å². The summed E-state index contributed by atoms with van der Waals surface area (Å²) >= 11 is 5.79. The van der Waals surface area contributed by atoms with Gasteiger partial charge in [-0.25, -0.2) is 0 Å². The predicted molar refractivity (Wildman–Crippen MR) is 59.6 cm³/mol. The van der Waals surface area contributed by atoms with E-state index < -0.39 is 0 Å².